The molecule has 1 aromatic carbocycles. The van der Waals surface area contributed by atoms with Gasteiger partial charge in [-0.15, -0.1) is 0 Å². The second kappa shape index (κ2) is 7.63. The molecule has 0 heterocycles. The van der Waals surface area contributed by atoms with E-state index in [2.05, 4.69) is 24.5 Å². The summed E-state index contributed by atoms with van der Waals surface area (Å²) >= 11 is 0. The van der Waals surface area contributed by atoms with Gasteiger partial charge in [0.25, 0.3) is 0 Å². The monoisotopic (exact) mass is 266 g/mol. The maximum Gasteiger partial charge on any atom is 0.221 e. The molecule has 1 rings (SSSR count). The van der Waals surface area contributed by atoms with Crippen molar-refractivity contribution in [3.05, 3.63) is 23.8 Å². The molecule has 0 spiro atoms. The van der Waals surface area contributed by atoms with Gasteiger partial charge in [-0.05, 0) is 23.6 Å². The maximum absolute atomic E-state index is 11.4. The van der Waals surface area contributed by atoms with Gasteiger partial charge in [0.05, 0.1) is 0 Å². The molecule has 1 amide bonds. The van der Waals surface area contributed by atoms with Crippen molar-refractivity contribution in [3.8, 4) is 11.5 Å². The molecule has 5 heteroatoms. The van der Waals surface area contributed by atoms with E-state index in [-0.39, 0.29) is 17.4 Å². The summed E-state index contributed by atoms with van der Waals surface area (Å²) in [7, 11) is 0. The van der Waals surface area contributed by atoms with Crippen molar-refractivity contribution in [2.75, 3.05) is 13.1 Å². The predicted molar refractivity (Wildman–Crippen MR) is 73.9 cm³/mol. The fourth-order valence-corrected chi connectivity index (χ4v) is 1.52. The van der Waals surface area contributed by atoms with Crippen LogP contribution in [0.1, 0.15) is 25.8 Å². The summed E-state index contributed by atoms with van der Waals surface area (Å²) in [6, 6.07) is 4.67. The van der Waals surface area contributed by atoms with Gasteiger partial charge in [-0.1, -0.05) is 19.9 Å². The quantitative estimate of drug-likeness (QED) is 0.443. The van der Waals surface area contributed by atoms with E-state index in [9.17, 15) is 9.90 Å². The SMILES string of the molecule is CC(C)CNC(=O)CCNCc1ccc(O)c(O)c1. The van der Waals surface area contributed by atoms with Crippen LogP contribution < -0.4 is 10.6 Å². The summed E-state index contributed by atoms with van der Waals surface area (Å²) < 4.78 is 0. The van der Waals surface area contributed by atoms with Gasteiger partial charge in [0.15, 0.2) is 11.5 Å². The number of hydrogen-bond donors (Lipinski definition) is 4. The molecule has 0 saturated carbocycles. The zero-order valence-electron chi connectivity index (χ0n) is 11.4. The standard InChI is InChI=1S/C14H22N2O3/c1-10(2)8-16-14(19)5-6-15-9-11-3-4-12(17)13(18)7-11/h3-4,7,10,15,17-18H,5-6,8-9H2,1-2H3,(H,16,19). The number of phenols is 2. The fourth-order valence-electron chi connectivity index (χ4n) is 1.52. The van der Waals surface area contributed by atoms with Crippen LogP contribution >= 0.6 is 0 Å². The highest BCUT2D eigenvalue weighted by atomic mass is 16.3. The molecule has 4 N–H and O–H groups in total. The molecule has 5 nitrogen and oxygen atoms in total. The third-order valence-corrected chi connectivity index (χ3v) is 2.61. The third-order valence-electron chi connectivity index (χ3n) is 2.61. The Balaban J connectivity index is 2.20. The highest BCUT2D eigenvalue weighted by Crippen LogP contribution is 2.24. The second-order valence-corrected chi connectivity index (χ2v) is 4.95. The molecule has 0 atom stereocenters. The fraction of sp³-hybridized carbons (Fsp3) is 0.500. The van der Waals surface area contributed by atoms with Crippen molar-refractivity contribution in [1.29, 1.82) is 0 Å². The maximum atomic E-state index is 11.4. The van der Waals surface area contributed by atoms with Crippen molar-refractivity contribution in [2.24, 2.45) is 5.92 Å². The van der Waals surface area contributed by atoms with Crippen LogP contribution in [0.5, 0.6) is 11.5 Å². The number of aromatic hydroxyl groups is 2. The van der Waals surface area contributed by atoms with Crippen molar-refractivity contribution >= 4 is 5.91 Å². The van der Waals surface area contributed by atoms with Crippen LogP contribution in [0, 0.1) is 5.92 Å². The Kier molecular flexibility index (Phi) is 6.15. The van der Waals surface area contributed by atoms with Crippen LogP contribution in [-0.4, -0.2) is 29.2 Å². The Hall–Kier alpha value is -1.75. The molecular weight excluding hydrogens is 244 g/mol. The summed E-state index contributed by atoms with van der Waals surface area (Å²) in [5.74, 6) is 0.234. The van der Waals surface area contributed by atoms with Crippen molar-refractivity contribution in [2.45, 2.75) is 26.8 Å². The van der Waals surface area contributed by atoms with Gasteiger partial charge in [-0.3, -0.25) is 4.79 Å². The lowest BCUT2D eigenvalue weighted by Gasteiger charge is -2.08. The van der Waals surface area contributed by atoms with Gasteiger partial charge in [-0.25, -0.2) is 0 Å². The molecule has 0 aliphatic carbocycles. The first-order chi connectivity index (χ1) is 8.99. The minimum atomic E-state index is -0.131. The van der Waals surface area contributed by atoms with E-state index in [1.54, 1.807) is 6.07 Å². The number of nitrogens with one attached hydrogen (secondary N) is 2. The van der Waals surface area contributed by atoms with E-state index in [0.717, 1.165) is 5.56 Å². The van der Waals surface area contributed by atoms with Crippen molar-refractivity contribution in [1.82, 2.24) is 10.6 Å². The van der Waals surface area contributed by atoms with Crippen LogP contribution in [0.25, 0.3) is 0 Å². The smallest absolute Gasteiger partial charge is 0.221 e. The minimum absolute atomic E-state index is 0.0368. The lowest BCUT2D eigenvalue weighted by atomic mass is 10.2. The van der Waals surface area contributed by atoms with Crippen LogP contribution in [0.15, 0.2) is 18.2 Å². The molecule has 0 bridgehead atoms. The van der Waals surface area contributed by atoms with Crippen molar-refractivity contribution in [3.63, 3.8) is 0 Å². The molecular formula is C14H22N2O3. The molecule has 19 heavy (non-hydrogen) atoms. The largest absolute Gasteiger partial charge is 0.504 e. The summed E-state index contributed by atoms with van der Waals surface area (Å²) in [6.45, 7) is 5.92. The first-order valence-corrected chi connectivity index (χ1v) is 6.47. The van der Waals surface area contributed by atoms with E-state index < -0.39 is 0 Å². The highest BCUT2D eigenvalue weighted by Gasteiger charge is 2.03. The topological polar surface area (TPSA) is 81.6 Å². The minimum Gasteiger partial charge on any atom is -0.504 e. The molecule has 0 radical (unpaired) electrons. The first kappa shape index (κ1) is 15.3. The van der Waals surface area contributed by atoms with Crippen LogP contribution in [0.2, 0.25) is 0 Å². The van der Waals surface area contributed by atoms with E-state index in [1.807, 2.05) is 0 Å². The average molecular weight is 266 g/mol. The van der Waals surface area contributed by atoms with Crippen molar-refractivity contribution < 1.29 is 15.0 Å². The van der Waals surface area contributed by atoms with Crippen LogP contribution in [-0.2, 0) is 11.3 Å². The lowest BCUT2D eigenvalue weighted by Crippen LogP contribution is -2.30. The zero-order valence-corrected chi connectivity index (χ0v) is 11.4. The zero-order chi connectivity index (χ0) is 14.3. The molecule has 106 valence electrons. The van der Waals surface area contributed by atoms with Gasteiger partial charge in [0, 0.05) is 26.1 Å². The molecule has 1 aromatic rings. The second-order valence-electron chi connectivity index (χ2n) is 4.95. The summed E-state index contributed by atoms with van der Waals surface area (Å²) in [5.41, 5.74) is 0.859. The van der Waals surface area contributed by atoms with E-state index in [4.69, 9.17) is 5.11 Å². The van der Waals surface area contributed by atoms with Crippen LogP contribution in [0.3, 0.4) is 0 Å². The van der Waals surface area contributed by atoms with E-state index in [1.165, 1.54) is 12.1 Å². The highest BCUT2D eigenvalue weighted by molar-refractivity contribution is 5.76. The average Bonchev–Trinajstić information content (AvgIpc) is 2.36. The Morgan fingerprint density at radius 1 is 1.26 bits per heavy atom. The summed E-state index contributed by atoms with van der Waals surface area (Å²) in [5, 5.41) is 24.5. The number of rotatable bonds is 7. The van der Waals surface area contributed by atoms with Crippen LogP contribution in [0.4, 0.5) is 0 Å². The van der Waals surface area contributed by atoms with Gasteiger partial charge in [0.1, 0.15) is 0 Å². The summed E-state index contributed by atoms with van der Waals surface area (Å²) in [6.07, 6.45) is 0.427. The Morgan fingerprint density at radius 3 is 2.63 bits per heavy atom. The number of benzene rings is 1. The number of amides is 1. The number of phenolic OH excluding ortho intramolecular Hbond substituents is 2. The molecule has 0 saturated heterocycles. The molecule has 0 aliphatic rings. The molecule has 0 fully saturated rings. The molecule has 0 unspecified atom stereocenters. The number of carbonyl (C=O) groups excluding carboxylic acids is 1. The lowest BCUT2D eigenvalue weighted by molar-refractivity contribution is -0.121. The molecule has 0 aromatic heterocycles. The van der Waals surface area contributed by atoms with Gasteiger partial charge >= 0.3 is 0 Å². The predicted octanol–water partition coefficient (Wildman–Crippen LogP) is 1.35. The Labute approximate surface area is 113 Å². The Morgan fingerprint density at radius 2 is 2.00 bits per heavy atom. The van der Waals surface area contributed by atoms with E-state index in [0.29, 0.717) is 32.0 Å². The van der Waals surface area contributed by atoms with Gasteiger partial charge in [0.2, 0.25) is 5.91 Å². The number of carbonyl (C=O) groups is 1. The molecule has 0 aliphatic heterocycles. The number of hydrogen-bond acceptors (Lipinski definition) is 4. The van der Waals surface area contributed by atoms with Gasteiger partial charge < -0.3 is 20.8 Å². The normalized spacial score (nSPS) is 10.7. The summed E-state index contributed by atoms with van der Waals surface area (Å²) in [4.78, 5) is 11.4. The van der Waals surface area contributed by atoms with E-state index >= 15 is 0 Å². The van der Waals surface area contributed by atoms with Gasteiger partial charge in [-0.2, -0.15) is 0 Å². The third kappa shape index (κ3) is 6.10. The Bertz CT molecular complexity index is 419. The first-order valence-electron chi connectivity index (χ1n) is 6.47.